The van der Waals surface area contributed by atoms with Crippen LogP contribution < -0.4 is 5.32 Å². The Kier molecular flexibility index (Phi) is 5.43. The largest absolute Gasteiger partial charge is 0.313 e. The van der Waals surface area contributed by atoms with Gasteiger partial charge in [-0.25, -0.2) is 0 Å². The van der Waals surface area contributed by atoms with E-state index in [1.54, 1.807) is 0 Å². The molecule has 0 saturated heterocycles. The monoisotopic (exact) mass is 305 g/mol. The zero-order chi connectivity index (χ0) is 15.4. The molecule has 0 saturated carbocycles. The van der Waals surface area contributed by atoms with Crippen molar-refractivity contribution < 1.29 is 0 Å². The Bertz CT molecular complexity index is 602. The maximum Gasteiger partial charge on any atom is 0.0672 e. The Morgan fingerprint density at radius 3 is 2.67 bits per heavy atom. The lowest BCUT2D eigenvalue weighted by molar-refractivity contribution is 0.529. The molecule has 2 aromatic rings. The first-order valence-corrected chi connectivity index (χ1v) is 7.96. The van der Waals surface area contributed by atoms with Crippen LogP contribution in [0.2, 0.25) is 5.02 Å². The van der Waals surface area contributed by atoms with Crippen molar-refractivity contribution in [3.8, 4) is 11.1 Å². The molecular weight excluding hydrogens is 282 g/mol. The number of hydrogen-bond acceptors (Lipinski definition) is 2. The van der Waals surface area contributed by atoms with Gasteiger partial charge in [-0.1, -0.05) is 24.6 Å². The number of hydrogen-bond donors (Lipinski definition) is 1. The Labute approximate surface area is 132 Å². The first-order valence-electron chi connectivity index (χ1n) is 7.58. The number of aryl methyl sites for hydroxylation is 1. The lowest BCUT2D eigenvalue weighted by Crippen LogP contribution is -2.14. The highest BCUT2D eigenvalue weighted by Gasteiger charge is 2.13. The molecule has 0 amide bonds. The fourth-order valence-electron chi connectivity index (χ4n) is 2.36. The van der Waals surface area contributed by atoms with Crippen LogP contribution in [0.4, 0.5) is 0 Å². The van der Waals surface area contributed by atoms with Gasteiger partial charge in [0.25, 0.3) is 0 Å². The molecular formula is C17H24ClN3. The number of rotatable bonds is 6. The number of benzene rings is 1. The van der Waals surface area contributed by atoms with E-state index < -0.39 is 0 Å². The van der Waals surface area contributed by atoms with Crippen molar-refractivity contribution in [2.45, 2.75) is 46.7 Å². The van der Waals surface area contributed by atoms with Crippen molar-refractivity contribution in [3.05, 3.63) is 40.7 Å². The molecule has 0 radical (unpaired) electrons. The third kappa shape index (κ3) is 3.86. The molecule has 1 N–H and O–H groups in total. The number of nitrogens with one attached hydrogen (secondary N) is 1. The summed E-state index contributed by atoms with van der Waals surface area (Å²) in [5.41, 5.74) is 4.65. The van der Waals surface area contributed by atoms with Crippen molar-refractivity contribution in [2.75, 3.05) is 6.54 Å². The van der Waals surface area contributed by atoms with Crippen molar-refractivity contribution in [1.82, 2.24) is 15.1 Å². The first-order chi connectivity index (χ1) is 10.0. The normalized spacial score (nSPS) is 11.3. The molecule has 4 heteroatoms. The van der Waals surface area contributed by atoms with Crippen molar-refractivity contribution in [2.24, 2.45) is 0 Å². The van der Waals surface area contributed by atoms with Gasteiger partial charge in [-0.2, -0.15) is 5.10 Å². The second-order valence-corrected chi connectivity index (χ2v) is 6.12. The van der Waals surface area contributed by atoms with Crippen LogP contribution in [-0.4, -0.2) is 16.3 Å². The summed E-state index contributed by atoms with van der Waals surface area (Å²) in [4.78, 5) is 0. The van der Waals surface area contributed by atoms with E-state index in [-0.39, 0.29) is 0 Å². The molecule has 114 valence electrons. The van der Waals surface area contributed by atoms with Gasteiger partial charge in [0, 0.05) is 29.4 Å². The fraction of sp³-hybridized carbons (Fsp3) is 0.471. The van der Waals surface area contributed by atoms with Gasteiger partial charge < -0.3 is 5.32 Å². The van der Waals surface area contributed by atoms with Crippen LogP contribution in [0.5, 0.6) is 0 Å². The topological polar surface area (TPSA) is 29.9 Å². The third-order valence-electron chi connectivity index (χ3n) is 3.55. The molecule has 0 atom stereocenters. The molecule has 0 spiro atoms. The lowest BCUT2D eigenvalue weighted by Gasteiger charge is -2.10. The summed E-state index contributed by atoms with van der Waals surface area (Å²) >= 11 is 6.20. The van der Waals surface area contributed by atoms with E-state index in [4.69, 9.17) is 11.6 Å². The van der Waals surface area contributed by atoms with Crippen molar-refractivity contribution >= 4 is 11.6 Å². The number of nitrogens with zero attached hydrogens (tertiary/aromatic N) is 2. The van der Waals surface area contributed by atoms with Gasteiger partial charge in [0.05, 0.1) is 5.69 Å². The van der Waals surface area contributed by atoms with Crippen LogP contribution in [0.25, 0.3) is 11.1 Å². The van der Waals surface area contributed by atoms with E-state index >= 15 is 0 Å². The Morgan fingerprint density at radius 1 is 1.29 bits per heavy atom. The smallest absolute Gasteiger partial charge is 0.0672 e. The van der Waals surface area contributed by atoms with Gasteiger partial charge in [0.2, 0.25) is 0 Å². The van der Waals surface area contributed by atoms with Crippen LogP contribution in [-0.2, 0) is 6.54 Å². The highest BCUT2D eigenvalue weighted by Crippen LogP contribution is 2.30. The summed E-state index contributed by atoms with van der Waals surface area (Å²) in [5, 5.41) is 8.83. The summed E-state index contributed by atoms with van der Waals surface area (Å²) in [5.74, 6) is 0. The van der Waals surface area contributed by atoms with E-state index in [1.807, 2.05) is 16.8 Å². The van der Waals surface area contributed by atoms with Crippen molar-refractivity contribution in [1.29, 1.82) is 0 Å². The van der Waals surface area contributed by atoms with Crippen molar-refractivity contribution in [3.63, 3.8) is 0 Å². The van der Waals surface area contributed by atoms with Crippen LogP contribution in [0.3, 0.4) is 0 Å². The van der Waals surface area contributed by atoms with Crippen LogP contribution >= 0.6 is 11.6 Å². The molecule has 0 unspecified atom stereocenters. The molecule has 3 nitrogen and oxygen atoms in total. The van der Waals surface area contributed by atoms with Gasteiger partial charge in [-0.3, -0.25) is 4.68 Å². The first kappa shape index (κ1) is 16.1. The zero-order valence-corrected chi connectivity index (χ0v) is 14.0. The number of halogens is 1. The summed E-state index contributed by atoms with van der Waals surface area (Å²) < 4.78 is 2.01. The SMILES string of the molecule is CCCNCc1ccc(Cl)cc1-c1cn(C(C)C)nc1C. The summed E-state index contributed by atoms with van der Waals surface area (Å²) in [6.07, 6.45) is 3.25. The maximum atomic E-state index is 6.20. The Hall–Kier alpha value is -1.32. The van der Waals surface area contributed by atoms with E-state index in [0.29, 0.717) is 6.04 Å². The quantitative estimate of drug-likeness (QED) is 0.791. The van der Waals surface area contributed by atoms with E-state index in [1.165, 1.54) is 16.7 Å². The summed E-state index contributed by atoms with van der Waals surface area (Å²) in [6.45, 7) is 10.4. The van der Waals surface area contributed by atoms with Crippen LogP contribution in [0.1, 0.15) is 44.5 Å². The molecule has 0 fully saturated rings. The molecule has 1 aromatic carbocycles. The molecule has 2 rings (SSSR count). The Balaban J connectivity index is 2.39. The molecule has 1 aromatic heterocycles. The van der Waals surface area contributed by atoms with Crippen LogP contribution in [0.15, 0.2) is 24.4 Å². The van der Waals surface area contributed by atoms with E-state index in [0.717, 1.165) is 30.2 Å². The predicted octanol–water partition coefficient (Wildman–Crippen LogP) is 4.59. The highest BCUT2D eigenvalue weighted by atomic mass is 35.5. The summed E-state index contributed by atoms with van der Waals surface area (Å²) in [7, 11) is 0. The zero-order valence-electron chi connectivity index (χ0n) is 13.3. The van der Waals surface area contributed by atoms with Gasteiger partial charge in [-0.15, -0.1) is 0 Å². The minimum absolute atomic E-state index is 0.360. The highest BCUT2D eigenvalue weighted by molar-refractivity contribution is 6.30. The minimum atomic E-state index is 0.360. The standard InChI is InChI=1S/C17H24ClN3/c1-5-8-19-10-14-6-7-15(18)9-16(14)17-11-21(12(2)3)20-13(17)4/h6-7,9,11-12,19H,5,8,10H2,1-4H3. The maximum absolute atomic E-state index is 6.20. The second kappa shape index (κ2) is 7.10. The fourth-order valence-corrected chi connectivity index (χ4v) is 2.54. The van der Waals surface area contributed by atoms with E-state index in [2.05, 4.69) is 50.4 Å². The second-order valence-electron chi connectivity index (χ2n) is 5.68. The summed E-state index contributed by atoms with van der Waals surface area (Å²) in [6, 6.07) is 6.46. The molecule has 0 aliphatic heterocycles. The lowest BCUT2D eigenvalue weighted by atomic mass is 10.0. The molecule has 21 heavy (non-hydrogen) atoms. The molecule has 1 heterocycles. The average molecular weight is 306 g/mol. The number of aromatic nitrogens is 2. The van der Waals surface area contributed by atoms with Gasteiger partial charge in [0.1, 0.15) is 0 Å². The molecule has 0 aliphatic carbocycles. The molecule has 0 bridgehead atoms. The minimum Gasteiger partial charge on any atom is -0.313 e. The third-order valence-corrected chi connectivity index (χ3v) is 3.79. The average Bonchev–Trinajstić information content (AvgIpc) is 2.83. The predicted molar refractivity (Wildman–Crippen MR) is 89.8 cm³/mol. The van der Waals surface area contributed by atoms with E-state index in [9.17, 15) is 0 Å². The van der Waals surface area contributed by atoms with Gasteiger partial charge >= 0.3 is 0 Å². The molecule has 0 aliphatic rings. The van der Waals surface area contributed by atoms with Gasteiger partial charge in [0.15, 0.2) is 0 Å². The van der Waals surface area contributed by atoms with Gasteiger partial charge in [-0.05, 0) is 57.0 Å². The Morgan fingerprint density at radius 2 is 2.05 bits per heavy atom. The van der Waals surface area contributed by atoms with Crippen LogP contribution in [0, 0.1) is 6.92 Å².